The second-order valence-corrected chi connectivity index (χ2v) is 8.46. The minimum absolute atomic E-state index is 0.555. The highest BCUT2D eigenvalue weighted by Gasteiger charge is 2.33. The molecule has 1 unspecified atom stereocenters. The number of anilines is 3. The van der Waals surface area contributed by atoms with E-state index in [0.717, 1.165) is 48.8 Å². The first-order valence-electron chi connectivity index (χ1n) is 11.1. The van der Waals surface area contributed by atoms with Gasteiger partial charge in [0.15, 0.2) is 17.3 Å². The SMILES string of the molecule is CC1(N)NC=C(c2nc3ccc(N4CCOCC4)cn3n2)c2cc(Nc3ccccn3)nnc21. The molecule has 0 amide bonds. The van der Waals surface area contributed by atoms with Crippen molar-refractivity contribution in [1.82, 2.24) is 35.1 Å². The molecule has 34 heavy (non-hydrogen) atoms. The predicted molar refractivity (Wildman–Crippen MR) is 127 cm³/mol. The van der Waals surface area contributed by atoms with E-state index >= 15 is 0 Å². The number of aromatic nitrogens is 6. The van der Waals surface area contributed by atoms with E-state index in [-0.39, 0.29) is 0 Å². The third-order valence-electron chi connectivity index (χ3n) is 5.95. The second-order valence-electron chi connectivity index (χ2n) is 8.46. The average Bonchev–Trinajstić information content (AvgIpc) is 3.28. The minimum atomic E-state index is -0.877. The van der Waals surface area contributed by atoms with Gasteiger partial charge in [0.1, 0.15) is 17.2 Å². The molecule has 2 aliphatic rings. The van der Waals surface area contributed by atoms with Crippen LogP contribution in [0, 0.1) is 0 Å². The molecule has 4 aromatic rings. The number of nitrogens with two attached hydrogens (primary N) is 1. The van der Waals surface area contributed by atoms with Crippen LogP contribution in [0.1, 0.15) is 24.0 Å². The maximum atomic E-state index is 6.46. The van der Waals surface area contributed by atoms with Crippen molar-refractivity contribution in [2.24, 2.45) is 5.73 Å². The molecular formula is C23H24N10O. The van der Waals surface area contributed by atoms with Gasteiger partial charge in [-0.25, -0.2) is 14.5 Å². The lowest BCUT2D eigenvalue weighted by atomic mass is 9.94. The molecule has 0 aliphatic carbocycles. The first-order valence-corrected chi connectivity index (χ1v) is 11.1. The summed E-state index contributed by atoms with van der Waals surface area (Å²) in [6.45, 7) is 5.02. The van der Waals surface area contributed by atoms with Gasteiger partial charge in [-0.15, -0.1) is 15.3 Å². The molecule has 0 spiro atoms. The van der Waals surface area contributed by atoms with Crippen molar-refractivity contribution in [3.63, 3.8) is 0 Å². The molecule has 0 saturated carbocycles. The summed E-state index contributed by atoms with van der Waals surface area (Å²) in [6, 6.07) is 11.6. The van der Waals surface area contributed by atoms with Crippen LogP contribution in [0.25, 0.3) is 11.2 Å². The van der Waals surface area contributed by atoms with Crippen molar-refractivity contribution in [2.75, 3.05) is 36.5 Å². The summed E-state index contributed by atoms with van der Waals surface area (Å²) in [5.74, 6) is 1.80. The lowest BCUT2D eigenvalue weighted by molar-refractivity contribution is 0.122. The first kappa shape index (κ1) is 20.5. The van der Waals surface area contributed by atoms with Gasteiger partial charge in [0.2, 0.25) is 0 Å². The van der Waals surface area contributed by atoms with Crippen molar-refractivity contribution in [3.05, 3.63) is 72.1 Å². The predicted octanol–water partition coefficient (Wildman–Crippen LogP) is 1.62. The van der Waals surface area contributed by atoms with Gasteiger partial charge in [-0.05, 0) is 37.3 Å². The Kier molecular flexibility index (Phi) is 4.85. The van der Waals surface area contributed by atoms with Crippen LogP contribution in [0.4, 0.5) is 17.3 Å². The number of hydrogen-bond acceptors (Lipinski definition) is 10. The van der Waals surface area contributed by atoms with E-state index in [1.54, 1.807) is 10.7 Å². The number of ether oxygens (including phenoxy) is 1. The lowest BCUT2D eigenvalue weighted by Gasteiger charge is -2.31. The minimum Gasteiger partial charge on any atom is -0.378 e. The zero-order chi connectivity index (χ0) is 23.1. The molecule has 6 heterocycles. The number of morpholine rings is 1. The molecule has 11 heteroatoms. The molecule has 4 aromatic heterocycles. The fraction of sp³-hybridized carbons (Fsp3) is 0.261. The topological polar surface area (TPSA) is 131 Å². The highest BCUT2D eigenvalue weighted by Crippen LogP contribution is 2.33. The number of fused-ring (bicyclic) bond motifs is 2. The zero-order valence-corrected chi connectivity index (χ0v) is 18.6. The van der Waals surface area contributed by atoms with Crippen LogP contribution in [-0.2, 0) is 10.4 Å². The van der Waals surface area contributed by atoms with Crippen LogP contribution < -0.4 is 21.3 Å². The van der Waals surface area contributed by atoms with Gasteiger partial charge in [-0.1, -0.05) is 6.07 Å². The molecular weight excluding hydrogens is 432 g/mol. The van der Waals surface area contributed by atoms with Gasteiger partial charge >= 0.3 is 0 Å². The summed E-state index contributed by atoms with van der Waals surface area (Å²) in [7, 11) is 0. The van der Waals surface area contributed by atoms with Gasteiger partial charge in [0.25, 0.3) is 0 Å². The molecule has 172 valence electrons. The molecule has 2 aliphatic heterocycles. The van der Waals surface area contributed by atoms with Gasteiger partial charge < -0.3 is 26.0 Å². The summed E-state index contributed by atoms with van der Waals surface area (Å²) in [5.41, 5.74) is 9.63. The van der Waals surface area contributed by atoms with Crippen molar-refractivity contribution >= 4 is 28.5 Å². The molecule has 1 saturated heterocycles. The average molecular weight is 457 g/mol. The molecule has 4 N–H and O–H groups in total. The number of nitrogens with one attached hydrogen (secondary N) is 2. The Bertz CT molecular complexity index is 1380. The Morgan fingerprint density at radius 3 is 2.82 bits per heavy atom. The van der Waals surface area contributed by atoms with E-state index in [4.69, 9.17) is 20.6 Å². The van der Waals surface area contributed by atoms with Crippen LogP contribution in [0.2, 0.25) is 0 Å². The fourth-order valence-electron chi connectivity index (χ4n) is 4.16. The summed E-state index contributed by atoms with van der Waals surface area (Å²) < 4.78 is 7.27. The monoisotopic (exact) mass is 456 g/mol. The Morgan fingerprint density at radius 2 is 2.00 bits per heavy atom. The Hall–Kier alpha value is -4.09. The summed E-state index contributed by atoms with van der Waals surface area (Å²) >= 11 is 0. The third kappa shape index (κ3) is 3.70. The van der Waals surface area contributed by atoms with Crippen LogP contribution >= 0.6 is 0 Å². The van der Waals surface area contributed by atoms with E-state index in [1.807, 2.05) is 49.7 Å². The third-order valence-corrected chi connectivity index (χ3v) is 5.95. The molecule has 0 bridgehead atoms. The van der Waals surface area contributed by atoms with Gasteiger partial charge in [-0.2, -0.15) is 0 Å². The zero-order valence-electron chi connectivity index (χ0n) is 18.6. The van der Waals surface area contributed by atoms with E-state index in [1.165, 1.54) is 0 Å². The number of pyridine rings is 2. The number of rotatable bonds is 4. The fourth-order valence-corrected chi connectivity index (χ4v) is 4.16. The smallest absolute Gasteiger partial charge is 0.184 e. The van der Waals surface area contributed by atoms with Gasteiger partial charge in [0.05, 0.1) is 25.1 Å². The molecule has 0 radical (unpaired) electrons. The Morgan fingerprint density at radius 1 is 1.12 bits per heavy atom. The number of hydrogen-bond donors (Lipinski definition) is 3. The van der Waals surface area contributed by atoms with Crippen LogP contribution in [0.5, 0.6) is 0 Å². The first-order chi connectivity index (χ1) is 16.6. The molecule has 11 nitrogen and oxygen atoms in total. The van der Waals surface area contributed by atoms with E-state index < -0.39 is 5.66 Å². The van der Waals surface area contributed by atoms with Crippen LogP contribution in [0.3, 0.4) is 0 Å². The lowest BCUT2D eigenvalue weighted by Crippen LogP contribution is -2.48. The molecule has 1 fully saturated rings. The van der Waals surface area contributed by atoms with Crippen molar-refractivity contribution in [2.45, 2.75) is 12.6 Å². The van der Waals surface area contributed by atoms with E-state index in [0.29, 0.717) is 23.2 Å². The van der Waals surface area contributed by atoms with Crippen molar-refractivity contribution in [3.8, 4) is 0 Å². The maximum absolute atomic E-state index is 6.46. The number of nitrogens with zero attached hydrogens (tertiary/aromatic N) is 7. The standard InChI is InChI=1S/C23H24N10O/c1-23(24)21-16(12-19(29-30-21)27-18-4-2-3-7-25-18)17(13-26-23)22-28-20-6-5-15(14-33(20)31-22)32-8-10-34-11-9-32/h2-7,12-14,26H,8-11,24H2,1H3,(H,25,27,29). The van der Waals surface area contributed by atoms with Crippen molar-refractivity contribution in [1.29, 1.82) is 0 Å². The summed E-state index contributed by atoms with van der Waals surface area (Å²) in [6.07, 6.45) is 5.55. The summed E-state index contributed by atoms with van der Waals surface area (Å²) in [4.78, 5) is 11.3. The highest BCUT2D eigenvalue weighted by atomic mass is 16.5. The molecule has 1 atom stereocenters. The highest BCUT2D eigenvalue weighted by molar-refractivity contribution is 5.81. The van der Waals surface area contributed by atoms with E-state index in [2.05, 4.69) is 36.8 Å². The van der Waals surface area contributed by atoms with Crippen molar-refractivity contribution < 1.29 is 4.74 Å². The normalized spacial score (nSPS) is 19.9. The second kappa shape index (κ2) is 8.04. The van der Waals surface area contributed by atoms with E-state index in [9.17, 15) is 0 Å². The summed E-state index contributed by atoms with van der Waals surface area (Å²) in [5, 5.41) is 19.9. The Labute approximate surface area is 195 Å². The van der Waals surface area contributed by atoms with Crippen LogP contribution in [0.15, 0.2) is 55.0 Å². The largest absolute Gasteiger partial charge is 0.378 e. The van der Waals surface area contributed by atoms with Gasteiger partial charge in [0, 0.05) is 36.6 Å². The maximum Gasteiger partial charge on any atom is 0.184 e. The quantitative estimate of drug-likeness (QED) is 0.416. The van der Waals surface area contributed by atoms with Gasteiger partial charge in [-0.3, -0.25) is 0 Å². The Balaban J connectivity index is 1.38. The molecule has 6 rings (SSSR count). The molecule has 0 aromatic carbocycles. The van der Waals surface area contributed by atoms with Crippen LogP contribution in [-0.4, -0.2) is 56.1 Å².